The number of hydrogen-bond donors (Lipinski definition) is 1. The van der Waals surface area contributed by atoms with E-state index in [9.17, 15) is 9.59 Å². The number of hydrogen-bond acceptors (Lipinski definition) is 3. The van der Waals surface area contributed by atoms with Crippen LogP contribution in [0.5, 0.6) is 0 Å². The third-order valence-electron chi connectivity index (χ3n) is 3.57. The van der Waals surface area contributed by atoms with Gasteiger partial charge in [0, 0.05) is 18.8 Å². The Kier molecular flexibility index (Phi) is 3.73. The summed E-state index contributed by atoms with van der Waals surface area (Å²) in [5.41, 5.74) is 0.928. The van der Waals surface area contributed by atoms with Gasteiger partial charge in [0.25, 0.3) is 0 Å². The van der Waals surface area contributed by atoms with Crippen molar-refractivity contribution in [2.75, 3.05) is 0 Å². The van der Waals surface area contributed by atoms with E-state index in [-0.39, 0.29) is 24.5 Å². The molecule has 0 bridgehead atoms. The lowest BCUT2D eigenvalue weighted by Gasteiger charge is -2.10. The van der Waals surface area contributed by atoms with Crippen molar-refractivity contribution in [2.24, 2.45) is 0 Å². The Balaban J connectivity index is 1.58. The second kappa shape index (κ2) is 5.83. The molecule has 0 spiro atoms. The Morgan fingerprint density at radius 3 is 2.62 bits per heavy atom. The number of nitrogens with zero attached hydrogens (tertiary/aromatic N) is 1. The first-order valence-electron chi connectivity index (χ1n) is 6.87. The third-order valence-corrected chi connectivity index (χ3v) is 3.57. The highest BCUT2D eigenvalue weighted by Gasteiger charge is 2.37. The lowest BCUT2D eigenvalue weighted by molar-refractivity contribution is -0.147. The third kappa shape index (κ3) is 2.97. The number of carbonyl (C=O) groups is 2. The predicted molar refractivity (Wildman–Crippen MR) is 76.3 cm³/mol. The number of nitrogens with one attached hydrogen (secondary N) is 1. The molecule has 1 N–H and O–H groups in total. The van der Waals surface area contributed by atoms with Crippen molar-refractivity contribution in [3.63, 3.8) is 0 Å². The van der Waals surface area contributed by atoms with Crippen LogP contribution in [0.15, 0.2) is 54.9 Å². The van der Waals surface area contributed by atoms with Gasteiger partial charge in [-0.1, -0.05) is 30.3 Å². The summed E-state index contributed by atoms with van der Waals surface area (Å²) in [6.07, 6.45) is 4.06. The van der Waals surface area contributed by atoms with Gasteiger partial charge in [-0.15, -0.1) is 0 Å². The van der Waals surface area contributed by atoms with Crippen molar-refractivity contribution >= 4 is 11.9 Å². The van der Waals surface area contributed by atoms with E-state index in [0.29, 0.717) is 6.42 Å². The normalized spacial score (nSPS) is 21.0. The van der Waals surface area contributed by atoms with Crippen LogP contribution >= 0.6 is 0 Å². The van der Waals surface area contributed by atoms with Gasteiger partial charge in [-0.25, -0.2) is 4.79 Å². The monoisotopic (exact) mass is 284 g/mol. The van der Waals surface area contributed by atoms with E-state index >= 15 is 0 Å². The average molecular weight is 284 g/mol. The van der Waals surface area contributed by atoms with Gasteiger partial charge < -0.3 is 14.6 Å². The van der Waals surface area contributed by atoms with Gasteiger partial charge in [0.2, 0.25) is 5.91 Å². The fraction of sp³-hybridized carbons (Fsp3) is 0.250. The second-order valence-corrected chi connectivity index (χ2v) is 5.04. The molecule has 0 aliphatic carbocycles. The molecular formula is C16H16N2O3. The van der Waals surface area contributed by atoms with E-state index in [0.717, 1.165) is 5.56 Å². The second-order valence-electron chi connectivity index (χ2n) is 5.04. The molecule has 5 heteroatoms. The van der Waals surface area contributed by atoms with Crippen LogP contribution in [0.25, 0.3) is 0 Å². The first-order chi connectivity index (χ1) is 10.2. The molecule has 2 heterocycles. The van der Waals surface area contributed by atoms with E-state index in [4.69, 9.17) is 4.74 Å². The molecule has 0 saturated carbocycles. The minimum absolute atomic E-state index is 0.145. The topological polar surface area (TPSA) is 60.3 Å². The highest BCUT2D eigenvalue weighted by molar-refractivity contribution is 5.90. The fourth-order valence-electron chi connectivity index (χ4n) is 2.45. The molecule has 2 atom stereocenters. The average Bonchev–Trinajstić information content (AvgIpc) is 3.15. The van der Waals surface area contributed by atoms with Crippen LogP contribution in [0.1, 0.15) is 18.0 Å². The van der Waals surface area contributed by atoms with Gasteiger partial charge >= 0.3 is 5.97 Å². The summed E-state index contributed by atoms with van der Waals surface area (Å²) in [5.74, 6) is -0.533. The van der Waals surface area contributed by atoms with Crippen LogP contribution in [0.4, 0.5) is 0 Å². The number of esters is 1. The Labute approximate surface area is 122 Å². The van der Waals surface area contributed by atoms with Gasteiger partial charge in [0.1, 0.15) is 18.7 Å². The Morgan fingerprint density at radius 1 is 1.19 bits per heavy atom. The largest absolute Gasteiger partial charge is 0.459 e. The maximum absolute atomic E-state index is 12.0. The molecule has 5 nitrogen and oxygen atoms in total. The molecule has 3 rings (SSSR count). The van der Waals surface area contributed by atoms with Crippen LogP contribution in [-0.2, 0) is 20.9 Å². The maximum atomic E-state index is 12.0. The number of aromatic nitrogens is 1. The molecule has 108 valence electrons. The number of carbonyl (C=O) groups excluding carboxylic acids is 2. The maximum Gasteiger partial charge on any atom is 0.329 e. The highest BCUT2D eigenvalue weighted by atomic mass is 16.5. The molecule has 1 aliphatic heterocycles. The molecule has 21 heavy (non-hydrogen) atoms. The first-order valence-corrected chi connectivity index (χ1v) is 6.87. The summed E-state index contributed by atoms with van der Waals surface area (Å²) >= 11 is 0. The van der Waals surface area contributed by atoms with E-state index in [2.05, 4.69) is 5.32 Å². The van der Waals surface area contributed by atoms with Crippen LogP contribution in [0, 0.1) is 0 Å². The molecule has 1 fully saturated rings. The summed E-state index contributed by atoms with van der Waals surface area (Å²) < 4.78 is 7.07. The van der Waals surface area contributed by atoms with Crippen molar-refractivity contribution in [3.8, 4) is 0 Å². The van der Waals surface area contributed by atoms with E-state index in [1.54, 1.807) is 4.57 Å². The van der Waals surface area contributed by atoms with E-state index < -0.39 is 6.04 Å². The van der Waals surface area contributed by atoms with Crippen molar-refractivity contribution < 1.29 is 14.3 Å². The van der Waals surface area contributed by atoms with E-state index in [1.807, 2.05) is 54.9 Å². The molecule has 1 aromatic heterocycles. The quantitative estimate of drug-likeness (QED) is 0.869. The van der Waals surface area contributed by atoms with Crippen molar-refractivity contribution in [1.82, 2.24) is 9.88 Å². The number of amides is 1. The number of benzene rings is 1. The summed E-state index contributed by atoms with van der Waals surface area (Å²) in [5, 5.41) is 2.69. The van der Waals surface area contributed by atoms with Crippen LogP contribution in [0.3, 0.4) is 0 Å². The Hall–Kier alpha value is -2.56. The molecular weight excluding hydrogens is 268 g/mol. The fourth-order valence-corrected chi connectivity index (χ4v) is 2.45. The molecule has 1 aromatic carbocycles. The summed E-state index contributed by atoms with van der Waals surface area (Å²) in [6.45, 7) is 0.222. The minimum atomic E-state index is -0.575. The zero-order chi connectivity index (χ0) is 14.7. The lowest BCUT2D eigenvalue weighted by atomic mass is 10.1. The molecule has 0 radical (unpaired) electrons. The van der Waals surface area contributed by atoms with Gasteiger partial charge in [0.05, 0.1) is 0 Å². The first kappa shape index (κ1) is 13.4. The summed E-state index contributed by atoms with van der Waals surface area (Å²) in [4.78, 5) is 24.0. The van der Waals surface area contributed by atoms with Gasteiger partial charge in [-0.05, 0) is 17.7 Å². The molecule has 1 aliphatic rings. The number of rotatable bonds is 4. The molecule has 1 amide bonds. The van der Waals surface area contributed by atoms with E-state index in [1.165, 1.54) is 0 Å². The summed E-state index contributed by atoms with van der Waals surface area (Å²) in [6, 6.07) is 12.3. The highest BCUT2D eigenvalue weighted by Crippen LogP contribution is 2.22. The van der Waals surface area contributed by atoms with Crippen LogP contribution in [0.2, 0.25) is 0 Å². The number of ether oxygens (including phenoxy) is 1. The van der Waals surface area contributed by atoms with Crippen molar-refractivity contribution in [1.29, 1.82) is 0 Å². The minimum Gasteiger partial charge on any atom is -0.459 e. The van der Waals surface area contributed by atoms with Crippen molar-refractivity contribution in [2.45, 2.75) is 25.1 Å². The molecule has 1 saturated heterocycles. The van der Waals surface area contributed by atoms with Gasteiger partial charge in [-0.2, -0.15) is 0 Å². The standard InChI is InChI=1S/C16H16N2O3/c19-15-14(18-8-4-5-9-18)10-13(17-15)16(20)21-11-12-6-2-1-3-7-12/h1-9,13-14H,10-11H2,(H,17,19). The Morgan fingerprint density at radius 2 is 1.90 bits per heavy atom. The predicted octanol–water partition coefficient (Wildman–Crippen LogP) is 1.66. The smallest absolute Gasteiger partial charge is 0.329 e. The lowest BCUT2D eigenvalue weighted by Crippen LogP contribution is -2.34. The van der Waals surface area contributed by atoms with Crippen LogP contribution < -0.4 is 5.32 Å². The SMILES string of the molecule is O=C(OCc1ccccc1)C1CC(n2cccc2)C(=O)N1. The summed E-state index contributed by atoms with van der Waals surface area (Å²) in [7, 11) is 0. The zero-order valence-electron chi connectivity index (χ0n) is 11.4. The van der Waals surface area contributed by atoms with Crippen LogP contribution in [-0.4, -0.2) is 22.5 Å². The molecule has 2 unspecified atom stereocenters. The zero-order valence-corrected chi connectivity index (χ0v) is 11.4. The van der Waals surface area contributed by atoms with Gasteiger partial charge in [-0.3, -0.25) is 4.79 Å². The van der Waals surface area contributed by atoms with Crippen molar-refractivity contribution in [3.05, 3.63) is 60.4 Å². The van der Waals surface area contributed by atoms with Gasteiger partial charge in [0.15, 0.2) is 0 Å². The molecule has 2 aromatic rings. The Bertz CT molecular complexity index is 622.